The highest BCUT2D eigenvalue weighted by Crippen LogP contribution is 2.40. The van der Waals surface area contributed by atoms with Crippen molar-refractivity contribution in [1.29, 1.82) is 0 Å². The Kier molecular flexibility index (Phi) is 7.18. The van der Waals surface area contributed by atoms with Gasteiger partial charge in [-0.15, -0.1) is 11.3 Å². The standard InChI is InChI=1S/C44H27N7S/c1-2-8-41-36(7-1)42-43(49-27-50-44(42)52-41)30-13-19-35(20-14-30)51(33-15-9-28(10-16-33)37-23-39-31(25-47-37)5-3-21-45-39)34-17-11-29(12-18-34)38-24-40-32(26-48-38)6-4-22-46-40/h1-27H. The lowest BCUT2D eigenvalue weighted by Gasteiger charge is -2.26. The van der Waals surface area contributed by atoms with E-state index < -0.39 is 0 Å². The van der Waals surface area contributed by atoms with E-state index in [-0.39, 0.29) is 0 Å². The Balaban J connectivity index is 1.04. The summed E-state index contributed by atoms with van der Waals surface area (Å²) in [4.78, 5) is 31.1. The quantitative estimate of drug-likeness (QED) is 0.172. The first-order valence-corrected chi connectivity index (χ1v) is 17.7. The molecule has 0 aliphatic carbocycles. The highest BCUT2D eigenvalue weighted by atomic mass is 32.1. The summed E-state index contributed by atoms with van der Waals surface area (Å²) in [6.45, 7) is 0. The summed E-state index contributed by atoms with van der Waals surface area (Å²) in [6, 6.07) is 46.1. The van der Waals surface area contributed by atoms with Gasteiger partial charge in [0.15, 0.2) is 0 Å². The fourth-order valence-corrected chi connectivity index (χ4v) is 7.84. The highest BCUT2D eigenvalue weighted by Gasteiger charge is 2.17. The van der Waals surface area contributed by atoms with Crippen molar-refractivity contribution in [2.45, 2.75) is 0 Å². The van der Waals surface area contributed by atoms with E-state index in [0.29, 0.717) is 0 Å². The van der Waals surface area contributed by atoms with E-state index in [2.05, 4.69) is 117 Å². The van der Waals surface area contributed by atoms with Crippen LogP contribution in [0.15, 0.2) is 165 Å². The van der Waals surface area contributed by atoms with Crippen molar-refractivity contribution in [1.82, 2.24) is 29.9 Å². The fourth-order valence-electron chi connectivity index (χ4n) is 6.80. The maximum Gasteiger partial charge on any atom is 0.128 e. The zero-order valence-electron chi connectivity index (χ0n) is 27.6. The van der Waals surface area contributed by atoms with Crippen LogP contribution in [0.3, 0.4) is 0 Å². The van der Waals surface area contributed by atoms with Crippen LogP contribution in [-0.4, -0.2) is 29.9 Å². The average molecular weight is 686 g/mol. The molecule has 0 aliphatic rings. The third-order valence-electron chi connectivity index (χ3n) is 9.39. The number of aromatic nitrogens is 6. The third kappa shape index (κ3) is 5.30. The smallest absolute Gasteiger partial charge is 0.128 e. The summed E-state index contributed by atoms with van der Waals surface area (Å²) < 4.78 is 1.21. The van der Waals surface area contributed by atoms with E-state index in [9.17, 15) is 0 Å². The molecule has 0 N–H and O–H groups in total. The largest absolute Gasteiger partial charge is 0.311 e. The molecule has 0 aliphatic heterocycles. The molecule has 0 atom stereocenters. The maximum absolute atomic E-state index is 4.77. The van der Waals surface area contributed by atoms with Gasteiger partial charge in [-0.1, -0.05) is 54.6 Å². The van der Waals surface area contributed by atoms with Crippen molar-refractivity contribution in [3.63, 3.8) is 0 Å². The fraction of sp³-hybridized carbons (Fsp3) is 0. The van der Waals surface area contributed by atoms with Gasteiger partial charge in [0.25, 0.3) is 0 Å². The molecule has 52 heavy (non-hydrogen) atoms. The molecule has 0 saturated heterocycles. The zero-order valence-corrected chi connectivity index (χ0v) is 28.4. The van der Waals surface area contributed by atoms with Gasteiger partial charge in [0.1, 0.15) is 11.2 Å². The molecule has 0 amide bonds. The van der Waals surface area contributed by atoms with E-state index >= 15 is 0 Å². The average Bonchev–Trinajstić information content (AvgIpc) is 3.61. The maximum atomic E-state index is 4.77. The highest BCUT2D eigenvalue weighted by molar-refractivity contribution is 7.25. The van der Waals surface area contributed by atoms with Gasteiger partial charge in [-0.2, -0.15) is 0 Å². The van der Waals surface area contributed by atoms with Crippen molar-refractivity contribution < 1.29 is 0 Å². The van der Waals surface area contributed by atoms with Crippen LogP contribution in [-0.2, 0) is 0 Å². The molecule has 0 spiro atoms. The van der Waals surface area contributed by atoms with Crippen LogP contribution in [0.5, 0.6) is 0 Å². The SMILES string of the molecule is c1cnc2cc(-c3ccc(N(c4ccc(-c5cc6ncccc6cn5)cc4)c4ccc(-c5ncnc6sc7ccccc7c56)cc4)cc3)ncc2c1. The minimum absolute atomic E-state index is 0.882. The molecule has 8 heteroatoms. The molecule has 0 fully saturated rings. The third-order valence-corrected chi connectivity index (χ3v) is 10.5. The van der Waals surface area contributed by atoms with Gasteiger partial charge in [-0.3, -0.25) is 19.9 Å². The van der Waals surface area contributed by atoms with Crippen molar-refractivity contribution in [2.24, 2.45) is 0 Å². The first-order chi connectivity index (χ1) is 25.7. The minimum atomic E-state index is 0.882. The van der Waals surface area contributed by atoms with Gasteiger partial charge < -0.3 is 4.90 Å². The Hall–Kier alpha value is -6.90. The van der Waals surface area contributed by atoms with Crippen LogP contribution in [0, 0.1) is 0 Å². The van der Waals surface area contributed by atoms with E-state index in [0.717, 1.165) is 82.9 Å². The summed E-state index contributed by atoms with van der Waals surface area (Å²) in [6.07, 6.45) is 9.05. The second-order valence-corrected chi connectivity index (χ2v) is 13.5. The molecule has 7 nitrogen and oxygen atoms in total. The van der Waals surface area contributed by atoms with E-state index in [1.807, 2.05) is 61.2 Å². The Morgan fingerprint density at radius 1 is 0.462 bits per heavy atom. The molecular weight excluding hydrogens is 659 g/mol. The first-order valence-electron chi connectivity index (χ1n) is 16.9. The Morgan fingerprint density at radius 2 is 1.00 bits per heavy atom. The number of fused-ring (bicyclic) bond motifs is 5. The number of pyridine rings is 4. The second kappa shape index (κ2) is 12.5. The molecule has 0 bridgehead atoms. The molecule has 10 rings (SSSR count). The van der Waals surface area contributed by atoms with Gasteiger partial charge >= 0.3 is 0 Å². The van der Waals surface area contributed by atoms with E-state index in [1.165, 1.54) is 10.1 Å². The normalized spacial score (nSPS) is 11.5. The predicted octanol–water partition coefficient (Wildman–Crippen LogP) is 11.2. The van der Waals surface area contributed by atoms with Crippen molar-refractivity contribution >= 4 is 70.5 Å². The minimum Gasteiger partial charge on any atom is -0.311 e. The monoisotopic (exact) mass is 685 g/mol. The van der Waals surface area contributed by atoms with Gasteiger partial charge in [0, 0.05) is 84.8 Å². The summed E-state index contributed by atoms with van der Waals surface area (Å²) in [7, 11) is 0. The molecule has 244 valence electrons. The van der Waals surface area contributed by atoms with Crippen LogP contribution in [0.1, 0.15) is 0 Å². The van der Waals surface area contributed by atoms with E-state index in [1.54, 1.807) is 17.7 Å². The number of anilines is 3. The number of thiophene rings is 1. The number of rotatable bonds is 6. The van der Waals surface area contributed by atoms with Crippen LogP contribution in [0.4, 0.5) is 17.1 Å². The lowest BCUT2D eigenvalue weighted by atomic mass is 10.0. The summed E-state index contributed by atoms with van der Waals surface area (Å²) in [5.74, 6) is 0. The van der Waals surface area contributed by atoms with Crippen LogP contribution < -0.4 is 4.90 Å². The van der Waals surface area contributed by atoms with Crippen molar-refractivity contribution in [3.8, 4) is 33.8 Å². The van der Waals surface area contributed by atoms with Crippen LogP contribution in [0.2, 0.25) is 0 Å². The van der Waals surface area contributed by atoms with Crippen LogP contribution >= 0.6 is 11.3 Å². The number of hydrogen-bond donors (Lipinski definition) is 0. The second-order valence-electron chi connectivity index (χ2n) is 12.5. The van der Waals surface area contributed by atoms with E-state index in [4.69, 9.17) is 15.0 Å². The Bertz CT molecular complexity index is 2780. The summed E-state index contributed by atoms with van der Waals surface area (Å²) in [5, 5.41) is 4.31. The Morgan fingerprint density at radius 3 is 1.58 bits per heavy atom. The Labute approximate surface area is 302 Å². The molecule has 0 saturated carbocycles. The van der Waals surface area contributed by atoms with Crippen molar-refractivity contribution in [2.75, 3.05) is 4.90 Å². The molecule has 6 aromatic heterocycles. The molecule has 10 aromatic rings. The molecule has 0 unspecified atom stereocenters. The summed E-state index contributed by atoms with van der Waals surface area (Å²) in [5.41, 5.74) is 10.7. The van der Waals surface area contributed by atoms with Gasteiger partial charge in [-0.05, 0) is 78.9 Å². The topological polar surface area (TPSA) is 80.6 Å². The van der Waals surface area contributed by atoms with Gasteiger partial charge in [-0.25, -0.2) is 9.97 Å². The lowest BCUT2D eigenvalue weighted by molar-refractivity contribution is 1.23. The zero-order chi connectivity index (χ0) is 34.4. The molecule has 6 heterocycles. The molecule has 0 radical (unpaired) electrons. The predicted molar refractivity (Wildman–Crippen MR) is 212 cm³/mol. The molecular formula is C44H27N7S. The summed E-state index contributed by atoms with van der Waals surface area (Å²) >= 11 is 1.70. The van der Waals surface area contributed by atoms with Gasteiger partial charge in [0.05, 0.1) is 28.1 Å². The van der Waals surface area contributed by atoms with Gasteiger partial charge in [0.2, 0.25) is 0 Å². The van der Waals surface area contributed by atoms with Crippen LogP contribution in [0.25, 0.3) is 75.9 Å². The first kappa shape index (κ1) is 30.0. The van der Waals surface area contributed by atoms with Crippen molar-refractivity contribution in [3.05, 3.63) is 165 Å². The number of benzene rings is 4. The number of nitrogens with zero attached hydrogens (tertiary/aromatic N) is 7. The lowest BCUT2D eigenvalue weighted by Crippen LogP contribution is -2.10. The number of hydrogen-bond acceptors (Lipinski definition) is 8. The molecule has 4 aromatic carbocycles.